The zero-order chi connectivity index (χ0) is 27.1. The van der Waals surface area contributed by atoms with Gasteiger partial charge in [0, 0.05) is 17.8 Å². The third-order valence-electron chi connectivity index (χ3n) is 5.73. The molecule has 3 N–H and O–H groups in total. The molecule has 0 amide bonds. The van der Waals surface area contributed by atoms with E-state index in [1.807, 2.05) is 6.07 Å². The van der Waals surface area contributed by atoms with Crippen molar-refractivity contribution in [3.63, 3.8) is 0 Å². The van der Waals surface area contributed by atoms with Crippen molar-refractivity contribution in [3.05, 3.63) is 113 Å². The molecule has 0 radical (unpaired) electrons. The van der Waals surface area contributed by atoms with Crippen LogP contribution in [-0.4, -0.2) is 42.7 Å². The maximum absolute atomic E-state index is 13.2. The third kappa shape index (κ3) is 6.76. The van der Waals surface area contributed by atoms with Crippen LogP contribution in [0.4, 0.5) is 0 Å². The summed E-state index contributed by atoms with van der Waals surface area (Å²) >= 11 is 5.97. The molecule has 0 spiro atoms. The van der Waals surface area contributed by atoms with Crippen LogP contribution in [-0.2, 0) is 16.3 Å². The van der Waals surface area contributed by atoms with Crippen LogP contribution < -0.4 is 10.1 Å². The van der Waals surface area contributed by atoms with Crippen molar-refractivity contribution >= 4 is 27.4 Å². The van der Waals surface area contributed by atoms with E-state index in [1.165, 1.54) is 42.6 Å². The minimum atomic E-state index is -3.84. The average molecular weight is 553 g/mol. The van der Waals surface area contributed by atoms with Crippen molar-refractivity contribution in [2.75, 3.05) is 13.1 Å². The smallest absolute Gasteiger partial charge is 0.341 e. The molecule has 0 aliphatic rings. The Bertz CT molecular complexity index is 1530. The van der Waals surface area contributed by atoms with Crippen molar-refractivity contribution in [3.8, 4) is 11.6 Å². The van der Waals surface area contributed by atoms with Gasteiger partial charge < -0.3 is 20.3 Å². The highest BCUT2D eigenvalue weighted by molar-refractivity contribution is 7.91. The Labute approximate surface area is 225 Å². The number of rotatable bonds is 11. The van der Waals surface area contributed by atoms with E-state index in [1.54, 1.807) is 42.5 Å². The molecule has 1 atom stereocenters. The number of carboxylic acids is 1. The van der Waals surface area contributed by atoms with Crippen molar-refractivity contribution in [2.24, 2.45) is 0 Å². The predicted octanol–water partition coefficient (Wildman–Crippen LogP) is 4.92. The van der Waals surface area contributed by atoms with Crippen molar-refractivity contribution in [1.82, 2.24) is 10.3 Å². The maximum Gasteiger partial charge on any atom is 0.341 e. The van der Waals surface area contributed by atoms with Crippen LogP contribution in [0.5, 0.6) is 11.6 Å². The number of nitrogens with zero attached hydrogens (tertiary/aromatic N) is 1. The number of ether oxygens (including phenoxy) is 1. The van der Waals surface area contributed by atoms with E-state index in [0.29, 0.717) is 24.5 Å². The number of pyridine rings is 1. The first-order chi connectivity index (χ1) is 18.2. The molecule has 1 aromatic heterocycles. The van der Waals surface area contributed by atoms with Crippen molar-refractivity contribution in [2.45, 2.75) is 22.3 Å². The van der Waals surface area contributed by atoms with E-state index in [0.717, 1.165) is 11.1 Å². The Morgan fingerprint density at radius 3 is 2.47 bits per heavy atom. The lowest BCUT2D eigenvalue weighted by molar-refractivity contribution is 0.0693. The Kier molecular flexibility index (Phi) is 8.75. The van der Waals surface area contributed by atoms with E-state index in [2.05, 4.69) is 10.3 Å². The topological polar surface area (TPSA) is 126 Å². The summed E-state index contributed by atoms with van der Waals surface area (Å²) < 4.78 is 32.0. The summed E-state index contributed by atoms with van der Waals surface area (Å²) in [5.74, 6) is -1.19. The lowest BCUT2D eigenvalue weighted by atomic mass is 10.1. The molecule has 38 heavy (non-hydrogen) atoms. The van der Waals surface area contributed by atoms with Gasteiger partial charge in [0.25, 0.3) is 0 Å². The van der Waals surface area contributed by atoms with E-state index >= 15 is 0 Å². The van der Waals surface area contributed by atoms with Crippen molar-refractivity contribution in [1.29, 1.82) is 0 Å². The van der Waals surface area contributed by atoms with E-state index in [-0.39, 0.29) is 27.0 Å². The number of aromatic nitrogens is 1. The fraction of sp³-hybridized carbons (Fsp3) is 0.143. The fourth-order valence-corrected chi connectivity index (χ4v) is 5.22. The van der Waals surface area contributed by atoms with Crippen LogP contribution in [0.3, 0.4) is 0 Å². The number of aromatic carboxylic acids is 1. The molecule has 1 heterocycles. The fourth-order valence-electron chi connectivity index (χ4n) is 3.73. The third-order valence-corrected chi connectivity index (χ3v) is 7.73. The van der Waals surface area contributed by atoms with Gasteiger partial charge in [0.15, 0.2) is 0 Å². The number of hydrogen-bond acceptors (Lipinski definition) is 7. The van der Waals surface area contributed by atoms with Crippen LogP contribution in [0, 0.1) is 0 Å². The van der Waals surface area contributed by atoms with Crippen LogP contribution in [0.15, 0.2) is 101 Å². The highest BCUT2D eigenvalue weighted by Crippen LogP contribution is 2.28. The Morgan fingerprint density at radius 1 is 0.974 bits per heavy atom. The summed E-state index contributed by atoms with van der Waals surface area (Å²) in [6.45, 7) is 0.951. The Hall–Kier alpha value is -3.76. The molecule has 196 valence electrons. The van der Waals surface area contributed by atoms with Gasteiger partial charge in [-0.25, -0.2) is 18.2 Å². The van der Waals surface area contributed by atoms with Gasteiger partial charge in [0.2, 0.25) is 15.7 Å². The number of carboxylic acid groups (broad SMARTS) is 1. The van der Waals surface area contributed by atoms with E-state index < -0.39 is 21.9 Å². The van der Waals surface area contributed by atoms with E-state index in [9.17, 15) is 23.4 Å². The maximum atomic E-state index is 13.2. The molecular weight excluding hydrogens is 528 g/mol. The number of sulfone groups is 1. The second-order valence-electron chi connectivity index (χ2n) is 8.41. The summed E-state index contributed by atoms with van der Waals surface area (Å²) in [5.41, 5.74) is 1.53. The predicted molar refractivity (Wildman–Crippen MR) is 143 cm³/mol. The summed E-state index contributed by atoms with van der Waals surface area (Å²) in [7, 11) is -3.84. The molecule has 0 unspecified atom stereocenters. The van der Waals surface area contributed by atoms with Gasteiger partial charge in [-0.2, -0.15) is 0 Å². The molecule has 3 aromatic carbocycles. The average Bonchev–Trinajstić information content (AvgIpc) is 2.91. The monoisotopic (exact) mass is 552 g/mol. The highest BCUT2D eigenvalue weighted by Gasteiger charge is 2.19. The largest absolute Gasteiger partial charge is 0.477 e. The van der Waals surface area contributed by atoms with Gasteiger partial charge in [-0.05, 0) is 78.7 Å². The second kappa shape index (κ2) is 12.2. The van der Waals surface area contributed by atoms with Gasteiger partial charge in [-0.15, -0.1) is 0 Å². The molecule has 8 nitrogen and oxygen atoms in total. The van der Waals surface area contributed by atoms with Gasteiger partial charge in [0.05, 0.1) is 15.9 Å². The number of carbonyl (C=O) groups is 1. The first kappa shape index (κ1) is 27.3. The molecule has 0 fully saturated rings. The molecule has 4 aromatic rings. The molecular formula is C28H25ClN2O6S. The molecule has 4 rings (SSSR count). The molecule has 0 bridgehead atoms. The molecule has 0 saturated carbocycles. The van der Waals surface area contributed by atoms with E-state index in [4.69, 9.17) is 16.3 Å². The van der Waals surface area contributed by atoms with Gasteiger partial charge in [-0.3, -0.25) is 0 Å². The van der Waals surface area contributed by atoms with Gasteiger partial charge in [0.1, 0.15) is 11.3 Å². The number of aliphatic hydroxyl groups excluding tert-OH is 1. The van der Waals surface area contributed by atoms with Crippen LogP contribution in [0.25, 0.3) is 0 Å². The molecule has 10 heteroatoms. The number of hydrogen-bond donors (Lipinski definition) is 3. The number of halogens is 1. The molecule has 0 aliphatic heterocycles. The molecule has 0 aliphatic carbocycles. The zero-order valence-corrected chi connectivity index (χ0v) is 21.7. The normalized spacial score (nSPS) is 12.2. The summed E-state index contributed by atoms with van der Waals surface area (Å²) in [4.78, 5) is 15.5. The number of benzene rings is 3. The van der Waals surface area contributed by atoms with Crippen LogP contribution in [0.1, 0.15) is 27.6 Å². The zero-order valence-electron chi connectivity index (χ0n) is 20.1. The second-order valence-corrected chi connectivity index (χ2v) is 10.8. The quantitative estimate of drug-likeness (QED) is 0.224. The lowest BCUT2D eigenvalue weighted by Crippen LogP contribution is -2.23. The number of aliphatic hydroxyl groups is 1. The first-order valence-electron chi connectivity index (χ1n) is 11.7. The van der Waals surface area contributed by atoms with Gasteiger partial charge in [-0.1, -0.05) is 41.9 Å². The van der Waals surface area contributed by atoms with Crippen molar-refractivity contribution < 1.29 is 28.2 Å². The summed E-state index contributed by atoms with van der Waals surface area (Å²) in [6.07, 6.45) is 1.34. The minimum Gasteiger partial charge on any atom is -0.477 e. The van der Waals surface area contributed by atoms with Crippen LogP contribution in [0.2, 0.25) is 5.02 Å². The highest BCUT2D eigenvalue weighted by atomic mass is 35.5. The lowest BCUT2D eigenvalue weighted by Gasteiger charge is -2.13. The Morgan fingerprint density at radius 2 is 1.74 bits per heavy atom. The Balaban J connectivity index is 1.38. The van der Waals surface area contributed by atoms with Crippen LogP contribution >= 0.6 is 11.6 Å². The number of nitrogens with one attached hydrogen (secondary N) is 1. The minimum absolute atomic E-state index is 0.00669. The first-order valence-corrected chi connectivity index (χ1v) is 13.5. The summed E-state index contributed by atoms with van der Waals surface area (Å²) in [5, 5.41) is 23.4. The van der Waals surface area contributed by atoms with Gasteiger partial charge >= 0.3 is 5.97 Å². The summed E-state index contributed by atoms with van der Waals surface area (Å²) in [6, 6.07) is 22.3. The molecule has 0 saturated heterocycles. The standard InChI is InChI=1S/C28H25ClN2O6S/c29-21-5-1-4-20(16-21)26(32)18-30-15-13-19-9-11-23(12-10-19)38(35,36)24-7-2-6-22(17-24)37-27-25(28(33)34)8-3-14-31-27/h1-12,14,16-17,26,30,32H,13,15,18H2,(H,33,34)/t26-/m0/s1. The SMILES string of the molecule is O=C(O)c1cccnc1Oc1cccc(S(=O)(=O)c2ccc(CCNC[C@H](O)c3cccc(Cl)c3)cc2)c1.